The lowest BCUT2D eigenvalue weighted by Gasteiger charge is -2.44. The van der Waals surface area contributed by atoms with Crippen LogP contribution in [-0.2, 0) is 15.8 Å². The van der Waals surface area contributed by atoms with Crippen LogP contribution in [0.25, 0.3) is 0 Å². The molecular formula is C30H28ClF3N2O5. The zero-order valence-corrected chi connectivity index (χ0v) is 23.6. The Kier molecular flexibility index (Phi) is 6.84. The second-order valence-electron chi connectivity index (χ2n) is 12.4. The summed E-state index contributed by atoms with van der Waals surface area (Å²) >= 11 is 6.40. The number of nitro groups is 1. The lowest BCUT2D eigenvalue weighted by atomic mass is 9.64. The van der Waals surface area contributed by atoms with Crippen molar-refractivity contribution in [2.24, 2.45) is 10.8 Å². The smallest absolute Gasteiger partial charge is 0.416 e. The molecule has 216 valence electrons. The number of ether oxygens (including phenoxy) is 1. The number of hydrogen-bond acceptors (Lipinski definition) is 6. The highest BCUT2D eigenvalue weighted by Gasteiger charge is 2.47. The first kappa shape index (κ1) is 28.9. The zero-order chi connectivity index (χ0) is 30.1. The molecule has 2 aromatic carbocycles. The first-order valence-electron chi connectivity index (χ1n) is 13.1. The van der Waals surface area contributed by atoms with Gasteiger partial charge in [0.15, 0.2) is 11.6 Å². The van der Waals surface area contributed by atoms with E-state index in [0.29, 0.717) is 53.1 Å². The van der Waals surface area contributed by atoms with Crippen LogP contribution in [0.2, 0.25) is 5.02 Å². The van der Waals surface area contributed by atoms with Crippen molar-refractivity contribution in [2.75, 3.05) is 0 Å². The molecular weight excluding hydrogens is 561 g/mol. The van der Waals surface area contributed by atoms with Crippen LogP contribution in [0.1, 0.15) is 70.4 Å². The fourth-order valence-corrected chi connectivity index (χ4v) is 6.26. The Bertz CT molecular complexity index is 1520. The minimum atomic E-state index is -4.79. The Hall–Kier alpha value is -3.66. The van der Waals surface area contributed by atoms with E-state index in [1.54, 1.807) is 0 Å². The highest BCUT2D eigenvalue weighted by atomic mass is 35.5. The summed E-state index contributed by atoms with van der Waals surface area (Å²) in [6.45, 7) is 7.96. The van der Waals surface area contributed by atoms with Crippen LogP contribution < -0.4 is 10.1 Å². The van der Waals surface area contributed by atoms with E-state index in [2.05, 4.69) is 5.32 Å². The quantitative estimate of drug-likeness (QED) is 0.287. The first-order chi connectivity index (χ1) is 19.0. The fourth-order valence-electron chi connectivity index (χ4n) is 6.08. The van der Waals surface area contributed by atoms with Gasteiger partial charge in [0, 0.05) is 58.0 Å². The molecule has 11 heteroatoms. The number of allylic oxidation sites excluding steroid dienone is 4. The van der Waals surface area contributed by atoms with Gasteiger partial charge < -0.3 is 10.1 Å². The molecule has 0 spiro atoms. The molecule has 2 aromatic rings. The second-order valence-corrected chi connectivity index (χ2v) is 12.9. The monoisotopic (exact) mass is 588 g/mol. The maximum absolute atomic E-state index is 13.7. The lowest BCUT2D eigenvalue weighted by Crippen LogP contribution is -2.42. The number of hydrogen-bond donors (Lipinski definition) is 1. The normalized spacial score (nSPS) is 20.4. The Morgan fingerprint density at radius 1 is 0.902 bits per heavy atom. The molecule has 1 heterocycles. The molecule has 2 aliphatic carbocycles. The number of rotatable bonds is 4. The predicted octanol–water partition coefficient (Wildman–Crippen LogP) is 8.03. The topological polar surface area (TPSA) is 98.5 Å². The second kappa shape index (κ2) is 9.72. The molecule has 1 N–H and O–H groups in total. The number of dihydropyridines is 1. The predicted molar refractivity (Wildman–Crippen MR) is 146 cm³/mol. The maximum atomic E-state index is 13.7. The summed E-state index contributed by atoms with van der Waals surface area (Å²) in [6, 6.07) is 6.45. The zero-order valence-electron chi connectivity index (χ0n) is 22.9. The molecule has 1 aliphatic heterocycles. The van der Waals surface area contributed by atoms with Crippen molar-refractivity contribution >= 4 is 28.9 Å². The van der Waals surface area contributed by atoms with Crippen LogP contribution in [0.3, 0.4) is 0 Å². The van der Waals surface area contributed by atoms with Gasteiger partial charge in [0.2, 0.25) is 5.75 Å². The number of alkyl halides is 3. The average molecular weight is 589 g/mol. The number of nitrogens with one attached hydrogen (secondary N) is 1. The number of carbonyl (C=O) groups is 2. The van der Waals surface area contributed by atoms with Crippen LogP contribution in [0, 0.1) is 20.9 Å². The Morgan fingerprint density at radius 2 is 1.44 bits per heavy atom. The average Bonchev–Trinajstić information content (AvgIpc) is 2.81. The van der Waals surface area contributed by atoms with E-state index in [1.165, 1.54) is 18.2 Å². The number of benzene rings is 2. The summed E-state index contributed by atoms with van der Waals surface area (Å²) in [5, 5.41) is 15.4. The molecule has 0 saturated heterocycles. The van der Waals surface area contributed by atoms with Gasteiger partial charge in [-0.2, -0.15) is 13.2 Å². The summed E-state index contributed by atoms with van der Waals surface area (Å²) in [5.74, 6) is -1.54. The van der Waals surface area contributed by atoms with Crippen molar-refractivity contribution in [2.45, 2.75) is 65.5 Å². The van der Waals surface area contributed by atoms with E-state index in [1.807, 2.05) is 27.7 Å². The number of nitro benzene ring substituents is 1. The molecule has 0 saturated carbocycles. The van der Waals surface area contributed by atoms with Crippen LogP contribution in [0.4, 0.5) is 18.9 Å². The molecule has 0 amide bonds. The first-order valence-corrected chi connectivity index (χ1v) is 13.5. The van der Waals surface area contributed by atoms with Gasteiger partial charge in [-0.15, -0.1) is 0 Å². The highest BCUT2D eigenvalue weighted by molar-refractivity contribution is 6.30. The molecule has 0 bridgehead atoms. The summed E-state index contributed by atoms with van der Waals surface area (Å²) in [7, 11) is 0. The lowest BCUT2D eigenvalue weighted by molar-refractivity contribution is -0.385. The minimum absolute atomic E-state index is 0.0399. The molecule has 0 aromatic heterocycles. The van der Waals surface area contributed by atoms with Gasteiger partial charge in [0.1, 0.15) is 5.75 Å². The molecule has 3 aliphatic rings. The number of nitrogens with zero attached hydrogens (tertiary/aromatic N) is 1. The Morgan fingerprint density at radius 3 is 1.95 bits per heavy atom. The van der Waals surface area contributed by atoms with Gasteiger partial charge in [0.05, 0.1) is 10.5 Å². The molecule has 41 heavy (non-hydrogen) atoms. The van der Waals surface area contributed by atoms with Gasteiger partial charge in [-0.05, 0) is 54.0 Å². The summed E-state index contributed by atoms with van der Waals surface area (Å²) in [5.41, 5.74) is -0.176. The van der Waals surface area contributed by atoms with Gasteiger partial charge in [-0.3, -0.25) is 19.7 Å². The van der Waals surface area contributed by atoms with Gasteiger partial charge in [-0.1, -0.05) is 39.3 Å². The molecule has 0 fully saturated rings. The largest absolute Gasteiger partial charge is 0.450 e. The number of Topliss-reactive ketones (excluding diaryl/α,β-unsaturated/α-hetero) is 2. The van der Waals surface area contributed by atoms with Crippen molar-refractivity contribution in [3.8, 4) is 11.5 Å². The van der Waals surface area contributed by atoms with Gasteiger partial charge >= 0.3 is 11.9 Å². The maximum Gasteiger partial charge on any atom is 0.416 e. The highest BCUT2D eigenvalue weighted by Crippen LogP contribution is 2.53. The van der Waals surface area contributed by atoms with Crippen LogP contribution in [-0.4, -0.2) is 16.5 Å². The molecule has 0 unspecified atom stereocenters. The summed E-state index contributed by atoms with van der Waals surface area (Å²) in [4.78, 5) is 38.1. The van der Waals surface area contributed by atoms with E-state index in [9.17, 15) is 32.9 Å². The minimum Gasteiger partial charge on any atom is -0.450 e. The summed E-state index contributed by atoms with van der Waals surface area (Å²) < 4.78 is 45.8. The standard InChI is InChI=1S/C30H28ClF3N2O5/c1-28(2)11-18-26(21(37)13-28)25(27-19(35-18)12-29(3,4)14-22(27)38)17-10-16(31)6-8-23(17)41-24-7-5-15(30(32,33)34)9-20(24)36(39)40/h5-10,25,35H,11-14H2,1-4H3. The Balaban J connectivity index is 1.70. The fraction of sp³-hybridized carbons (Fsp3) is 0.400. The number of carbonyl (C=O) groups excluding carboxylic acids is 2. The van der Waals surface area contributed by atoms with E-state index in [0.717, 1.165) is 6.07 Å². The molecule has 0 atom stereocenters. The molecule has 0 radical (unpaired) electrons. The van der Waals surface area contributed by atoms with E-state index < -0.39 is 34.0 Å². The van der Waals surface area contributed by atoms with Crippen molar-refractivity contribution in [1.29, 1.82) is 0 Å². The molecule has 5 rings (SSSR count). The van der Waals surface area contributed by atoms with E-state index >= 15 is 0 Å². The van der Waals surface area contributed by atoms with Crippen LogP contribution in [0.15, 0.2) is 58.9 Å². The number of halogens is 4. The van der Waals surface area contributed by atoms with Crippen molar-refractivity contribution < 1.29 is 32.4 Å². The molecule has 7 nitrogen and oxygen atoms in total. The van der Waals surface area contributed by atoms with Crippen LogP contribution in [0.5, 0.6) is 11.5 Å². The van der Waals surface area contributed by atoms with Crippen molar-refractivity contribution in [1.82, 2.24) is 5.32 Å². The summed E-state index contributed by atoms with van der Waals surface area (Å²) in [6.07, 6.45) is -3.20. The SMILES string of the molecule is CC1(C)CC(=O)C2=C(C1)NC1=C(C(=O)CC(C)(C)C1)C2c1cc(Cl)ccc1Oc1ccc(C(F)(F)F)cc1[N+](=O)[O-]. The van der Waals surface area contributed by atoms with Crippen molar-refractivity contribution in [3.63, 3.8) is 0 Å². The third kappa shape index (κ3) is 5.49. The van der Waals surface area contributed by atoms with E-state index in [-0.39, 0.29) is 46.0 Å². The van der Waals surface area contributed by atoms with Gasteiger partial charge in [0.25, 0.3) is 0 Å². The van der Waals surface area contributed by atoms with Crippen LogP contribution >= 0.6 is 11.6 Å². The number of ketones is 2. The third-order valence-corrected chi connectivity index (χ3v) is 7.94. The Labute approximate surface area is 239 Å². The van der Waals surface area contributed by atoms with Crippen molar-refractivity contribution in [3.05, 3.63) is 85.2 Å². The van der Waals surface area contributed by atoms with Gasteiger partial charge in [-0.25, -0.2) is 0 Å². The van der Waals surface area contributed by atoms with E-state index in [4.69, 9.17) is 16.3 Å². The third-order valence-electron chi connectivity index (χ3n) is 7.70.